The molecule has 0 amide bonds. The third kappa shape index (κ3) is 10.5. The number of epoxide rings is 2. The van der Waals surface area contributed by atoms with Gasteiger partial charge in [-0.1, -0.05) is 23.2 Å². The van der Waals surface area contributed by atoms with Gasteiger partial charge in [0.05, 0.1) is 40.6 Å². The number of allylic oxidation sites excluding steroid dienone is 1. The molecule has 2 aliphatic heterocycles. The zero-order valence-electron chi connectivity index (χ0n) is 25.1. The lowest BCUT2D eigenvalue weighted by molar-refractivity contribution is -0.165. The number of alkyl halides is 2. The van der Waals surface area contributed by atoms with Gasteiger partial charge in [-0.05, 0) is 93.1 Å². The second kappa shape index (κ2) is 17.1. The monoisotopic (exact) mass is 676 g/mol. The van der Waals surface area contributed by atoms with E-state index in [1.165, 1.54) is 13.2 Å². The van der Waals surface area contributed by atoms with Gasteiger partial charge in [-0.2, -0.15) is 0 Å². The molecule has 2 unspecified atom stereocenters. The maximum atomic E-state index is 14.0. The number of carbonyl (C=O) groups excluding carboxylic acids is 2. The van der Waals surface area contributed by atoms with E-state index in [2.05, 4.69) is 9.47 Å². The highest BCUT2D eigenvalue weighted by molar-refractivity contribution is 6.30. The van der Waals surface area contributed by atoms with Crippen LogP contribution in [0.2, 0.25) is 10.0 Å². The first-order chi connectivity index (χ1) is 21.5. The highest BCUT2D eigenvalue weighted by Crippen LogP contribution is 2.46. The van der Waals surface area contributed by atoms with Crippen LogP contribution in [0.1, 0.15) is 44.9 Å². The van der Waals surface area contributed by atoms with E-state index in [4.69, 9.17) is 42.1 Å². The van der Waals surface area contributed by atoms with Crippen LogP contribution in [-0.4, -0.2) is 69.7 Å². The first-order valence-electron chi connectivity index (χ1n) is 14.4. The van der Waals surface area contributed by atoms with Gasteiger partial charge in [0.15, 0.2) is 0 Å². The fraction of sp³-hybridized carbons (Fsp3) is 0.500. The summed E-state index contributed by atoms with van der Waals surface area (Å²) in [5, 5.41) is 1.29. The van der Waals surface area contributed by atoms with E-state index >= 15 is 0 Å². The molecule has 13 heteroatoms. The van der Waals surface area contributed by atoms with Gasteiger partial charge >= 0.3 is 11.9 Å². The lowest BCUT2D eigenvalue weighted by atomic mass is 9.97. The van der Waals surface area contributed by atoms with E-state index in [1.54, 1.807) is 48.5 Å². The summed E-state index contributed by atoms with van der Waals surface area (Å²) in [6, 6.07) is 14.1. The van der Waals surface area contributed by atoms with Gasteiger partial charge in [-0.3, -0.25) is 0 Å². The molecule has 2 heterocycles. The van der Waals surface area contributed by atoms with Crippen LogP contribution in [0.3, 0.4) is 0 Å². The predicted molar refractivity (Wildman–Crippen MR) is 162 cm³/mol. The van der Waals surface area contributed by atoms with Crippen molar-refractivity contribution in [3.8, 4) is 11.5 Å². The Kier molecular flexibility index (Phi) is 13.8. The van der Waals surface area contributed by atoms with Crippen molar-refractivity contribution in [3.63, 3.8) is 0 Å². The molecule has 0 aromatic heterocycles. The standard InChI is InChI=1S/C16H19ClF2O4.C16H18ClFO4/c1-21-14(20)15(11-23-15)16(18,19)9-3-2-4-10-22-13-7-5-12(17)6-8-13;1-20-15(19)16(11-22-16)14(18)5-3-2-4-10-21-13-8-6-12(17)7-9-13/h5-8H,2-4,9-11H2,1H3;5-9H,2-4,10-11H2,1H3. The first kappa shape index (κ1) is 36.5. The molecule has 248 valence electrons. The van der Waals surface area contributed by atoms with Crippen LogP contribution in [-0.2, 0) is 28.5 Å². The van der Waals surface area contributed by atoms with Crippen LogP contribution < -0.4 is 9.47 Å². The van der Waals surface area contributed by atoms with E-state index < -0.39 is 41.3 Å². The number of methoxy groups -OCH3 is 2. The number of esters is 2. The van der Waals surface area contributed by atoms with Crippen molar-refractivity contribution in [1.29, 1.82) is 0 Å². The molecule has 2 fully saturated rings. The molecule has 0 bridgehead atoms. The average Bonchev–Trinajstić information content (AvgIpc) is 3.96. The third-order valence-electron chi connectivity index (χ3n) is 7.09. The quantitative estimate of drug-likeness (QED) is 0.0963. The maximum Gasteiger partial charge on any atom is 0.347 e. The Morgan fingerprint density at radius 2 is 1.29 bits per heavy atom. The van der Waals surface area contributed by atoms with Crippen molar-refractivity contribution >= 4 is 35.1 Å². The molecule has 0 radical (unpaired) electrons. The largest absolute Gasteiger partial charge is 0.494 e. The Morgan fingerprint density at radius 1 is 0.800 bits per heavy atom. The molecule has 2 saturated heterocycles. The van der Waals surface area contributed by atoms with Crippen molar-refractivity contribution in [2.75, 3.05) is 40.6 Å². The van der Waals surface area contributed by atoms with Crippen molar-refractivity contribution in [3.05, 3.63) is 70.5 Å². The molecular weight excluding hydrogens is 640 g/mol. The Balaban J connectivity index is 0.000000246. The second-order valence-electron chi connectivity index (χ2n) is 10.4. The van der Waals surface area contributed by atoms with Gasteiger partial charge in [-0.15, -0.1) is 0 Å². The van der Waals surface area contributed by atoms with Crippen molar-refractivity contribution in [1.82, 2.24) is 0 Å². The Labute approximate surface area is 270 Å². The van der Waals surface area contributed by atoms with Crippen LogP contribution in [0.25, 0.3) is 0 Å². The lowest BCUT2D eigenvalue weighted by Crippen LogP contribution is -2.44. The van der Waals surface area contributed by atoms with Gasteiger partial charge < -0.3 is 28.4 Å². The normalized spacial score (nSPS) is 20.4. The van der Waals surface area contributed by atoms with Gasteiger partial charge in [-0.25, -0.2) is 22.8 Å². The number of halogens is 5. The molecule has 2 aromatic rings. The predicted octanol–water partition coefficient (Wildman–Crippen LogP) is 7.54. The van der Waals surface area contributed by atoms with E-state index in [0.717, 1.165) is 25.7 Å². The molecule has 45 heavy (non-hydrogen) atoms. The molecule has 0 N–H and O–H groups in total. The van der Waals surface area contributed by atoms with Crippen molar-refractivity contribution in [2.45, 2.75) is 62.1 Å². The molecule has 0 saturated carbocycles. The SMILES string of the molecule is COC(=O)C1(C(F)(F)CCCCCOc2ccc(Cl)cc2)CO1.COC(=O)C1(C(F)=CCCCCOc2ccc(Cl)cc2)CO1. The molecule has 8 nitrogen and oxygen atoms in total. The summed E-state index contributed by atoms with van der Waals surface area (Å²) >= 11 is 11.5. The number of rotatable bonds is 17. The number of carbonyl (C=O) groups is 2. The zero-order chi connectivity index (χ0) is 32.9. The number of unbranched alkanes of at least 4 members (excludes halogenated alkanes) is 4. The Bertz CT molecular complexity index is 1260. The number of ether oxygens (including phenoxy) is 6. The zero-order valence-corrected chi connectivity index (χ0v) is 26.6. The summed E-state index contributed by atoms with van der Waals surface area (Å²) in [7, 11) is 2.29. The molecule has 0 spiro atoms. The summed E-state index contributed by atoms with van der Waals surface area (Å²) in [6.45, 7) is 0.732. The smallest absolute Gasteiger partial charge is 0.347 e. The fourth-order valence-electron chi connectivity index (χ4n) is 4.22. The molecule has 2 atom stereocenters. The van der Waals surface area contributed by atoms with Crippen LogP contribution >= 0.6 is 23.2 Å². The average molecular weight is 678 g/mol. The van der Waals surface area contributed by atoms with Crippen molar-refractivity contribution in [2.24, 2.45) is 0 Å². The van der Waals surface area contributed by atoms with Crippen molar-refractivity contribution < 1.29 is 51.2 Å². The fourth-order valence-corrected chi connectivity index (χ4v) is 4.47. The van der Waals surface area contributed by atoms with Gasteiger partial charge in [0.2, 0.25) is 5.60 Å². The van der Waals surface area contributed by atoms with Gasteiger partial charge in [0, 0.05) is 16.5 Å². The summed E-state index contributed by atoms with van der Waals surface area (Å²) in [6.07, 6.45) is 4.49. The number of benzene rings is 2. The summed E-state index contributed by atoms with van der Waals surface area (Å²) < 4.78 is 71.5. The van der Waals surface area contributed by atoms with E-state index in [1.807, 2.05) is 0 Å². The van der Waals surface area contributed by atoms with E-state index in [9.17, 15) is 22.8 Å². The summed E-state index contributed by atoms with van der Waals surface area (Å²) in [5.41, 5.74) is -3.55. The van der Waals surface area contributed by atoms with Crippen LogP contribution in [0, 0.1) is 0 Å². The first-order valence-corrected chi connectivity index (χ1v) is 15.2. The summed E-state index contributed by atoms with van der Waals surface area (Å²) in [5.74, 6) is -4.03. The second-order valence-corrected chi connectivity index (χ2v) is 11.3. The van der Waals surface area contributed by atoms with Gasteiger partial charge in [0.1, 0.15) is 17.3 Å². The van der Waals surface area contributed by atoms with Crippen LogP contribution in [0.5, 0.6) is 11.5 Å². The highest BCUT2D eigenvalue weighted by atomic mass is 35.5. The minimum Gasteiger partial charge on any atom is -0.494 e. The Hall–Kier alpha value is -2.99. The van der Waals surface area contributed by atoms with E-state index in [0.29, 0.717) is 48.3 Å². The van der Waals surface area contributed by atoms with Crippen LogP contribution in [0.15, 0.2) is 60.4 Å². The molecular formula is C32H37Cl2F3O8. The number of hydrogen-bond acceptors (Lipinski definition) is 8. The van der Waals surface area contributed by atoms with Crippen LogP contribution in [0.4, 0.5) is 13.2 Å². The lowest BCUT2D eigenvalue weighted by Gasteiger charge is -2.21. The highest BCUT2D eigenvalue weighted by Gasteiger charge is 2.70. The topological polar surface area (TPSA) is 96.1 Å². The maximum absolute atomic E-state index is 14.0. The molecule has 2 aliphatic rings. The molecule has 0 aliphatic carbocycles. The summed E-state index contributed by atoms with van der Waals surface area (Å²) in [4.78, 5) is 22.8. The molecule has 2 aromatic carbocycles. The minimum atomic E-state index is -3.21. The molecule has 4 rings (SSSR count). The van der Waals surface area contributed by atoms with Gasteiger partial charge in [0.25, 0.3) is 11.5 Å². The Morgan fingerprint density at radius 3 is 1.73 bits per heavy atom. The number of hydrogen-bond donors (Lipinski definition) is 0. The minimum absolute atomic E-state index is 0.0433. The van der Waals surface area contributed by atoms with E-state index in [-0.39, 0.29) is 19.6 Å². The third-order valence-corrected chi connectivity index (χ3v) is 7.60.